The molecule has 5 rings (SSSR count). The van der Waals surface area contributed by atoms with Crippen LogP contribution in [-0.4, -0.2) is 67.9 Å². The van der Waals surface area contributed by atoms with E-state index in [0.717, 1.165) is 28.0 Å². The van der Waals surface area contributed by atoms with Gasteiger partial charge in [0.1, 0.15) is 16.9 Å². The highest BCUT2D eigenvalue weighted by Gasteiger charge is 2.28. The third kappa shape index (κ3) is 5.68. The van der Waals surface area contributed by atoms with E-state index < -0.39 is 5.60 Å². The van der Waals surface area contributed by atoms with Gasteiger partial charge in [0.2, 0.25) is 0 Å². The van der Waals surface area contributed by atoms with Gasteiger partial charge in [-0.3, -0.25) is 14.2 Å². The summed E-state index contributed by atoms with van der Waals surface area (Å²) in [6, 6.07) is 15.3. The van der Waals surface area contributed by atoms with Crippen LogP contribution in [0.5, 0.6) is 0 Å². The molecule has 1 saturated heterocycles. The minimum absolute atomic E-state index is 0.0425. The number of carbonyl (C=O) groups excluding carboxylic acids is 2. The number of piperazine rings is 1. The standard InChI is InChI=1S/C30H29N5O3/c1-30(2,3)38-29(37)34-18-16-33(17-19-34)28(36)24-7-5-23(6-8-24)25-9-11-27-32-20-26(35(27)21-25)10-4-22-12-14-31-15-13-22/h5-9,11-15,20-21H,16-19H2,1-3H3. The molecule has 4 heterocycles. The van der Waals surface area contributed by atoms with Crippen molar-refractivity contribution < 1.29 is 14.3 Å². The van der Waals surface area contributed by atoms with Crippen LogP contribution >= 0.6 is 0 Å². The molecule has 3 aromatic heterocycles. The van der Waals surface area contributed by atoms with Crippen LogP contribution in [0, 0.1) is 11.8 Å². The fourth-order valence-corrected chi connectivity index (χ4v) is 4.22. The van der Waals surface area contributed by atoms with E-state index in [0.29, 0.717) is 31.7 Å². The maximum absolute atomic E-state index is 13.1. The van der Waals surface area contributed by atoms with Crippen LogP contribution in [0.2, 0.25) is 0 Å². The molecule has 2 amide bonds. The van der Waals surface area contributed by atoms with Gasteiger partial charge in [0.15, 0.2) is 0 Å². The number of hydrogen-bond donors (Lipinski definition) is 0. The Bertz CT molecular complexity index is 1520. The van der Waals surface area contributed by atoms with Crippen LogP contribution in [-0.2, 0) is 4.74 Å². The highest BCUT2D eigenvalue weighted by molar-refractivity contribution is 5.95. The Morgan fingerprint density at radius 3 is 2.18 bits per heavy atom. The van der Waals surface area contributed by atoms with Gasteiger partial charge >= 0.3 is 6.09 Å². The third-order valence-electron chi connectivity index (χ3n) is 6.20. The quantitative estimate of drug-likeness (QED) is 0.374. The molecule has 0 atom stereocenters. The van der Waals surface area contributed by atoms with E-state index in [9.17, 15) is 9.59 Å². The van der Waals surface area contributed by atoms with Crippen molar-refractivity contribution in [2.45, 2.75) is 26.4 Å². The van der Waals surface area contributed by atoms with Crippen molar-refractivity contribution in [1.82, 2.24) is 24.2 Å². The molecule has 38 heavy (non-hydrogen) atoms. The number of carbonyl (C=O) groups is 2. The zero-order valence-electron chi connectivity index (χ0n) is 21.7. The lowest BCUT2D eigenvalue weighted by molar-refractivity contribution is 0.0141. The largest absolute Gasteiger partial charge is 0.444 e. The Labute approximate surface area is 221 Å². The van der Waals surface area contributed by atoms with Crippen LogP contribution in [0.25, 0.3) is 16.8 Å². The molecule has 4 aromatic rings. The third-order valence-corrected chi connectivity index (χ3v) is 6.20. The van der Waals surface area contributed by atoms with Crippen molar-refractivity contribution in [3.05, 3.63) is 90.1 Å². The van der Waals surface area contributed by atoms with Crippen molar-refractivity contribution in [3.8, 4) is 23.0 Å². The van der Waals surface area contributed by atoms with Gasteiger partial charge in [0, 0.05) is 55.9 Å². The van der Waals surface area contributed by atoms with E-state index >= 15 is 0 Å². The van der Waals surface area contributed by atoms with E-state index in [1.54, 1.807) is 28.4 Å². The molecule has 8 heteroatoms. The fourth-order valence-electron chi connectivity index (χ4n) is 4.22. The lowest BCUT2D eigenvalue weighted by atomic mass is 10.0. The summed E-state index contributed by atoms with van der Waals surface area (Å²) in [5.74, 6) is 6.29. The first-order valence-corrected chi connectivity index (χ1v) is 12.5. The number of rotatable bonds is 2. The Morgan fingerprint density at radius 1 is 0.842 bits per heavy atom. The van der Waals surface area contributed by atoms with Crippen LogP contribution in [0.1, 0.15) is 42.4 Å². The van der Waals surface area contributed by atoms with Gasteiger partial charge in [0.25, 0.3) is 5.91 Å². The Balaban J connectivity index is 1.27. The SMILES string of the molecule is CC(C)(C)OC(=O)N1CCN(C(=O)c2ccc(-c3ccc4ncc(C#Cc5ccncc5)n4c3)cc2)CC1. The smallest absolute Gasteiger partial charge is 0.410 e. The Kier molecular flexibility index (Phi) is 6.84. The first-order valence-electron chi connectivity index (χ1n) is 12.5. The molecule has 8 nitrogen and oxygen atoms in total. The topological polar surface area (TPSA) is 80.0 Å². The highest BCUT2D eigenvalue weighted by atomic mass is 16.6. The minimum atomic E-state index is -0.538. The van der Waals surface area contributed by atoms with Crippen molar-refractivity contribution >= 4 is 17.6 Å². The van der Waals surface area contributed by atoms with E-state index in [1.165, 1.54) is 0 Å². The number of benzene rings is 1. The summed E-state index contributed by atoms with van der Waals surface area (Å²) in [5.41, 5.74) is 4.54. The molecule has 1 aliphatic heterocycles. The average Bonchev–Trinajstić information content (AvgIpc) is 3.33. The molecule has 192 valence electrons. The Hall–Kier alpha value is -4.64. The van der Waals surface area contributed by atoms with Gasteiger partial charge in [-0.25, -0.2) is 9.78 Å². The van der Waals surface area contributed by atoms with Crippen LogP contribution in [0.15, 0.2) is 73.3 Å². The molecule has 1 aliphatic rings. The maximum atomic E-state index is 13.1. The predicted octanol–water partition coefficient (Wildman–Crippen LogP) is 4.49. The van der Waals surface area contributed by atoms with Gasteiger partial charge in [-0.2, -0.15) is 0 Å². The summed E-state index contributed by atoms with van der Waals surface area (Å²) in [4.78, 5) is 37.3. The fraction of sp³-hybridized carbons (Fsp3) is 0.267. The van der Waals surface area contributed by atoms with Gasteiger partial charge in [-0.1, -0.05) is 18.1 Å². The second-order valence-electron chi connectivity index (χ2n) is 10.1. The van der Waals surface area contributed by atoms with Gasteiger partial charge < -0.3 is 14.5 Å². The first kappa shape index (κ1) is 25.0. The van der Waals surface area contributed by atoms with Crippen LogP contribution in [0.3, 0.4) is 0 Å². The molecule has 1 aromatic carbocycles. The van der Waals surface area contributed by atoms with Gasteiger partial charge in [0.05, 0.1) is 6.20 Å². The first-order chi connectivity index (χ1) is 18.3. The zero-order valence-corrected chi connectivity index (χ0v) is 21.7. The van der Waals surface area contributed by atoms with E-state index in [2.05, 4.69) is 21.8 Å². The Morgan fingerprint density at radius 2 is 1.50 bits per heavy atom. The zero-order chi connectivity index (χ0) is 26.7. The van der Waals surface area contributed by atoms with Crippen molar-refractivity contribution in [2.75, 3.05) is 26.2 Å². The molecule has 0 N–H and O–H groups in total. The van der Waals surface area contributed by atoms with Gasteiger partial charge in [-0.15, -0.1) is 0 Å². The number of hydrogen-bond acceptors (Lipinski definition) is 5. The minimum Gasteiger partial charge on any atom is -0.444 e. The summed E-state index contributed by atoms with van der Waals surface area (Å²) in [5, 5.41) is 0. The number of ether oxygens (including phenoxy) is 1. The number of imidazole rings is 1. The molecular formula is C30H29N5O3. The molecule has 1 fully saturated rings. The number of nitrogens with zero attached hydrogens (tertiary/aromatic N) is 5. The molecule has 0 saturated carbocycles. The van der Waals surface area contributed by atoms with Crippen molar-refractivity contribution in [3.63, 3.8) is 0 Å². The molecule has 0 spiro atoms. The second-order valence-corrected chi connectivity index (χ2v) is 10.1. The summed E-state index contributed by atoms with van der Waals surface area (Å²) < 4.78 is 7.41. The maximum Gasteiger partial charge on any atom is 0.410 e. The lowest BCUT2D eigenvalue weighted by Crippen LogP contribution is -2.51. The lowest BCUT2D eigenvalue weighted by Gasteiger charge is -2.35. The number of pyridine rings is 2. The van der Waals surface area contributed by atoms with E-state index in [1.807, 2.05) is 79.9 Å². The highest BCUT2D eigenvalue weighted by Crippen LogP contribution is 2.22. The van der Waals surface area contributed by atoms with Crippen molar-refractivity contribution in [2.24, 2.45) is 0 Å². The number of amides is 2. The molecular weight excluding hydrogens is 478 g/mol. The second kappa shape index (κ2) is 10.4. The van der Waals surface area contributed by atoms with Gasteiger partial charge in [-0.05, 0) is 74.2 Å². The molecule has 0 aliphatic carbocycles. The number of fused-ring (bicyclic) bond motifs is 1. The molecule has 0 bridgehead atoms. The molecule has 0 radical (unpaired) electrons. The average molecular weight is 508 g/mol. The van der Waals surface area contributed by atoms with E-state index in [-0.39, 0.29) is 12.0 Å². The number of aromatic nitrogens is 3. The summed E-state index contributed by atoms with van der Waals surface area (Å²) in [6.45, 7) is 7.39. The molecule has 0 unspecified atom stereocenters. The monoisotopic (exact) mass is 507 g/mol. The predicted molar refractivity (Wildman–Crippen MR) is 145 cm³/mol. The van der Waals surface area contributed by atoms with E-state index in [4.69, 9.17) is 4.74 Å². The van der Waals surface area contributed by atoms with Crippen molar-refractivity contribution in [1.29, 1.82) is 0 Å². The summed E-state index contributed by atoms with van der Waals surface area (Å²) in [6.07, 6.45) is 6.86. The summed E-state index contributed by atoms with van der Waals surface area (Å²) >= 11 is 0. The summed E-state index contributed by atoms with van der Waals surface area (Å²) in [7, 11) is 0. The van der Waals surface area contributed by atoms with Crippen LogP contribution in [0.4, 0.5) is 4.79 Å². The normalized spacial score (nSPS) is 13.7. The van der Waals surface area contributed by atoms with Crippen LogP contribution < -0.4 is 0 Å².